The van der Waals surface area contributed by atoms with Gasteiger partial charge >= 0.3 is 5.97 Å². The number of non-ortho nitro benzene ring substituents is 1. The van der Waals surface area contributed by atoms with E-state index in [1.807, 2.05) is 0 Å². The number of nitro groups is 1. The second-order valence-corrected chi connectivity index (χ2v) is 6.75. The van der Waals surface area contributed by atoms with Crippen LogP contribution in [0.5, 0.6) is 0 Å². The van der Waals surface area contributed by atoms with Crippen LogP contribution in [0.2, 0.25) is 0 Å². The number of carbonyl (C=O) groups excluding carboxylic acids is 1. The van der Waals surface area contributed by atoms with Crippen LogP contribution in [0.4, 0.5) is 5.69 Å². The predicted molar refractivity (Wildman–Crippen MR) is 97.8 cm³/mol. The molecule has 0 unspecified atom stereocenters. The van der Waals surface area contributed by atoms with Gasteiger partial charge < -0.3 is 15.2 Å². The summed E-state index contributed by atoms with van der Waals surface area (Å²) in [6, 6.07) is 5.73. The molecule has 3 rings (SSSR count). The number of nitrogens with zero attached hydrogens (tertiary/aromatic N) is 3. The number of carboxylic acids is 1. The van der Waals surface area contributed by atoms with E-state index in [-0.39, 0.29) is 17.8 Å². The summed E-state index contributed by atoms with van der Waals surface area (Å²) in [5.41, 5.74) is 0.0723. The molecule has 1 aromatic carbocycles. The summed E-state index contributed by atoms with van der Waals surface area (Å²) in [6.45, 7) is 0.658. The van der Waals surface area contributed by atoms with Crippen LogP contribution in [0, 0.1) is 15.5 Å². The number of hydrogen-bond acceptors (Lipinski definition) is 6. The van der Waals surface area contributed by atoms with Gasteiger partial charge in [0.05, 0.1) is 15.9 Å². The largest absolute Gasteiger partial charge is 0.481 e. The molecule has 1 fully saturated rings. The van der Waals surface area contributed by atoms with E-state index in [4.69, 9.17) is 4.74 Å². The molecule has 0 bridgehead atoms. The summed E-state index contributed by atoms with van der Waals surface area (Å²) >= 11 is 0. The molecule has 2 heterocycles. The minimum Gasteiger partial charge on any atom is -0.481 e. The lowest BCUT2D eigenvalue weighted by Gasteiger charge is -2.33. The highest BCUT2D eigenvalue weighted by Crippen LogP contribution is 2.30. The highest BCUT2D eigenvalue weighted by Gasteiger charge is 2.40. The van der Waals surface area contributed by atoms with Crippen LogP contribution in [-0.4, -0.2) is 51.4 Å². The van der Waals surface area contributed by atoms with Crippen molar-refractivity contribution in [3.8, 4) is 11.3 Å². The van der Waals surface area contributed by atoms with Gasteiger partial charge in [-0.1, -0.05) is 0 Å². The number of benzene rings is 1. The van der Waals surface area contributed by atoms with E-state index in [9.17, 15) is 24.8 Å². The first-order valence-corrected chi connectivity index (χ1v) is 8.70. The number of nitrogens with one attached hydrogen (secondary N) is 1. The maximum Gasteiger partial charge on any atom is 0.311 e. The van der Waals surface area contributed by atoms with Gasteiger partial charge in [0, 0.05) is 50.7 Å². The number of aromatic nitrogens is 2. The fraction of sp³-hybridized carbons (Fsp3) is 0.389. The number of carbonyl (C=O) groups is 2. The highest BCUT2D eigenvalue weighted by atomic mass is 16.6. The van der Waals surface area contributed by atoms with Crippen LogP contribution in [0.25, 0.3) is 11.3 Å². The third-order valence-electron chi connectivity index (χ3n) is 4.92. The maximum atomic E-state index is 12.7. The normalized spacial score (nSPS) is 15.8. The zero-order chi connectivity index (χ0) is 20.3. The molecule has 1 aromatic heterocycles. The molecule has 148 valence electrons. The minimum atomic E-state index is -1.05. The predicted octanol–water partition coefficient (Wildman–Crippen LogP) is 1.61. The third kappa shape index (κ3) is 3.86. The van der Waals surface area contributed by atoms with Gasteiger partial charge in [0.2, 0.25) is 0 Å². The summed E-state index contributed by atoms with van der Waals surface area (Å²) in [6.07, 6.45) is 2.18. The van der Waals surface area contributed by atoms with E-state index >= 15 is 0 Å². The lowest BCUT2D eigenvalue weighted by atomic mass is 9.80. The maximum absolute atomic E-state index is 12.7. The second-order valence-electron chi connectivity index (χ2n) is 6.75. The fourth-order valence-electron chi connectivity index (χ4n) is 3.18. The van der Waals surface area contributed by atoms with Gasteiger partial charge in [0.25, 0.3) is 11.6 Å². The number of hydrogen-bond donors (Lipinski definition) is 2. The highest BCUT2D eigenvalue weighted by molar-refractivity contribution is 6.00. The molecule has 0 atom stereocenters. The quantitative estimate of drug-likeness (QED) is 0.566. The van der Waals surface area contributed by atoms with Crippen molar-refractivity contribution in [1.82, 2.24) is 15.1 Å². The number of aliphatic carboxylic acids is 1. The van der Waals surface area contributed by atoms with Gasteiger partial charge in [-0.15, -0.1) is 0 Å². The lowest BCUT2D eigenvalue weighted by Crippen LogP contribution is -2.46. The molecule has 0 spiro atoms. The topological polar surface area (TPSA) is 137 Å². The van der Waals surface area contributed by atoms with E-state index in [2.05, 4.69) is 10.4 Å². The molecular weight excluding hydrogens is 368 g/mol. The van der Waals surface area contributed by atoms with E-state index in [1.165, 1.54) is 35.1 Å². The molecule has 0 radical (unpaired) electrons. The van der Waals surface area contributed by atoms with Crippen LogP contribution in [0.3, 0.4) is 0 Å². The monoisotopic (exact) mass is 388 g/mol. The van der Waals surface area contributed by atoms with E-state index in [1.54, 1.807) is 7.05 Å². The zero-order valence-electron chi connectivity index (χ0n) is 15.3. The number of aryl methyl sites for hydroxylation is 1. The zero-order valence-corrected chi connectivity index (χ0v) is 15.3. The smallest absolute Gasteiger partial charge is 0.311 e. The number of amides is 1. The van der Waals surface area contributed by atoms with Crippen molar-refractivity contribution < 1.29 is 24.4 Å². The van der Waals surface area contributed by atoms with Crippen LogP contribution in [0.15, 0.2) is 30.5 Å². The Morgan fingerprint density at radius 2 is 1.96 bits per heavy atom. The van der Waals surface area contributed by atoms with Crippen LogP contribution in [0.1, 0.15) is 23.2 Å². The summed E-state index contributed by atoms with van der Waals surface area (Å²) in [5.74, 6) is -1.41. The van der Waals surface area contributed by atoms with Crippen molar-refractivity contribution in [3.05, 3.63) is 46.1 Å². The number of nitro benzene ring substituents is 1. The van der Waals surface area contributed by atoms with Crippen molar-refractivity contribution in [2.45, 2.75) is 12.8 Å². The molecule has 1 aliphatic heterocycles. The Morgan fingerprint density at radius 1 is 1.32 bits per heavy atom. The first-order valence-electron chi connectivity index (χ1n) is 8.70. The van der Waals surface area contributed by atoms with E-state index in [0.29, 0.717) is 37.3 Å². The Bertz CT molecular complexity index is 899. The molecule has 0 aliphatic carbocycles. The van der Waals surface area contributed by atoms with Crippen molar-refractivity contribution in [2.75, 3.05) is 19.8 Å². The number of rotatable bonds is 6. The van der Waals surface area contributed by atoms with Crippen LogP contribution >= 0.6 is 0 Å². The molecule has 10 nitrogen and oxygen atoms in total. The van der Waals surface area contributed by atoms with Crippen LogP contribution < -0.4 is 5.32 Å². The molecule has 1 saturated heterocycles. The molecule has 1 amide bonds. The molecule has 2 aromatic rings. The second kappa shape index (κ2) is 7.77. The van der Waals surface area contributed by atoms with E-state index < -0.39 is 22.2 Å². The van der Waals surface area contributed by atoms with Crippen molar-refractivity contribution in [3.63, 3.8) is 0 Å². The molecule has 28 heavy (non-hydrogen) atoms. The SMILES string of the molecule is Cn1cc(C(=O)NCC2(C(=O)O)CCOCC2)c(-c2ccc([N+](=O)[O-])cc2)n1. The van der Waals surface area contributed by atoms with E-state index in [0.717, 1.165) is 0 Å². The average molecular weight is 388 g/mol. The molecular formula is C18H20N4O6. The molecule has 0 saturated carbocycles. The van der Waals surface area contributed by atoms with Crippen molar-refractivity contribution >= 4 is 17.6 Å². The Balaban J connectivity index is 1.81. The van der Waals surface area contributed by atoms with Crippen molar-refractivity contribution in [1.29, 1.82) is 0 Å². The van der Waals surface area contributed by atoms with Crippen molar-refractivity contribution in [2.24, 2.45) is 12.5 Å². The van der Waals surface area contributed by atoms with Gasteiger partial charge in [-0.05, 0) is 25.0 Å². The number of carboxylic acid groups (broad SMARTS) is 1. The number of ether oxygens (including phenoxy) is 1. The summed E-state index contributed by atoms with van der Waals surface area (Å²) in [7, 11) is 1.66. The molecule has 10 heteroatoms. The minimum absolute atomic E-state index is 0.0148. The van der Waals surface area contributed by atoms with Crippen LogP contribution in [-0.2, 0) is 16.6 Å². The first kappa shape index (κ1) is 19.5. The summed E-state index contributed by atoms with van der Waals surface area (Å²) in [5, 5.41) is 27.4. The van der Waals surface area contributed by atoms with Gasteiger partial charge in [-0.2, -0.15) is 5.10 Å². The first-order chi connectivity index (χ1) is 13.3. The lowest BCUT2D eigenvalue weighted by molar-refractivity contribution is -0.384. The Morgan fingerprint density at radius 3 is 2.54 bits per heavy atom. The summed E-state index contributed by atoms with van der Waals surface area (Å²) < 4.78 is 6.70. The van der Waals surface area contributed by atoms with Gasteiger partial charge in [-0.3, -0.25) is 24.4 Å². The Hall–Kier alpha value is -3.27. The Kier molecular flexibility index (Phi) is 5.41. The fourth-order valence-corrected chi connectivity index (χ4v) is 3.18. The average Bonchev–Trinajstić information content (AvgIpc) is 3.08. The van der Waals surface area contributed by atoms with Gasteiger partial charge in [0.1, 0.15) is 5.69 Å². The Labute approximate surface area is 160 Å². The standard InChI is InChI=1S/C18H20N4O6/c1-21-10-14(15(20-21)12-2-4-13(5-3-12)22(26)27)16(23)19-11-18(17(24)25)6-8-28-9-7-18/h2-5,10H,6-9,11H2,1H3,(H,19,23)(H,24,25). The van der Waals surface area contributed by atoms with Gasteiger partial charge in [-0.25, -0.2) is 0 Å². The molecule has 1 aliphatic rings. The van der Waals surface area contributed by atoms with Gasteiger partial charge in [0.15, 0.2) is 0 Å². The molecule has 2 N–H and O–H groups in total. The summed E-state index contributed by atoms with van der Waals surface area (Å²) in [4.78, 5) is 34.8. The third-order valence-corrected chi connectivity index (χ3v) is 4.92.